The average molecular weight is 428 g/mol. The number of nitrogens with zero attached hydrogens (tertiary/aromatic N) is 1. The summed E-state index contributed by atoms with van der Waals surface area (Å²) in [5.41, 5.74) is 3.60. The summed E-state index contributed by atoms with van der Waals surface area (Å²) < 4.78 is 0. The molecule has 32 heavy (non-hydrogen) atoms. The van der Waals surface area contributed by atoms with E-state index in [0.29, 0.717) is 33.9 Å². The Bertz CT molecular complexity index is 1250. The van der Waals surface area contributed by atoms with E-state index >= 15 is 0 Å². The number of aromatic nitrogens is 2. The zero-order valence-corrected chi connectivity index (χ0v) is 16.4. The number of carboxylic acids is 3. The molecule has 158 valence electrons. The molecule has 4 N–H and O–H groups in total. The maximum absolute atomic E-state index is 11.2. The molecule has 3 aromatic carbocycles. The third kappa shape index (κ3) is 3.97. The highest BCUT2D eigenvalue weighted by Crippen LogP contribution is 2.33. The summed E-state index contributed by atoms with van der Waals surface area (Å²) in [5, 5.41) is 27.4. The van der Waals surface area contributed by atoms with Crippen molar-refractivity contribution in [1.29, 1.82) is 0 Å². The molecule has 0 bridgehead atoms. The molecule has 1 heterocycles. The lowest BCUT2D eigenvalue weighted by Crippen LogP contribution is -1.96. The zero-order chi connectivity index (χ0) is 22.8. The molecule has 0 saturated carbocycles. The molecule has 0 atom stereocenters. The first-order chi connectivity index (χ1) is 15.3. The average Bonchev–Trinajstić information content (AvgIpc) is 3.24. The van der Waals surface area contributed by atoms with Gasteiger partial charge in [0, 0.05) is 16.7 Å². The fourth-order valence-corrected chi connectivity index (χ4v) is 3.25. The van der Waals surface area contributed by atoms with Gasteiger partial charge >= 0.3 is 17.9 Å². The van der Waals surface area contributed by atoms with Gasteiger partial charge in [-0.15, -0.1) is 0 Å². The number of carboxylic acid groups (broad SMARTS) is 3. The number of rotatable bonds is 6. The lowest BCUT2D eigenvalue weighted by atomic mass is 10.0. The Kier molecular flexibility index (Phi) is 5.26. The van der Waals surface area contributed by atoms with E-state index in [4.69, 9.17) is 15.3 Å². The number of H-pyrrole nitrogens is 1. The van der Waals surface area contributed by atoms with E-state index in [9.17, 15) is 14.4 Å². The van der Waals surface area contributed by atoms with Gasteiger partial charge in [0.25, 0.3) is 0 Å². The van der Waals surface area contributed by atoms with Crippen LogP contribution < -0.4 is 0 Å². The van der Waals surface area contributed by atoms with Crippen LogP contribution in [0.2, 0.25) is 0 Å². The smallest absolute Gasteiger partial charge is 0.335 e. The summed E-state index contributed by atoms with van der Waals surface area (Å²) >= 11 is 0. The van der Waals surface area contributed by atoms with Crippen molar-refractivity contribution in [2.75, 3.05) is 0 Å². The normalized spacial score (nSPS) is 10.6. The van der Waals surface area contributed by atoms with Gasteiger partial charge in [-0.05, 0) is 36.4 Å². The molecule has 0 spiro atoms. The number of aromatic carboxylic acids is 3. The van der Waals surface area contributed by atoms with Crippen LogP contribution >= 0.6 is 0 Å². The van der Waals surface area contributed by atoms with Gasteiger partial charge in [0.2, 0.25) is 0 Å². The Hall–Kier alpha value is -4.72. The lowest BCUT2D eigenvalue weighted by Gasteiger charge is -2.04. The monoisotopic (exact) mass is 428 g/mol. The summed E-state index contributed by atoms with van der Waals surface area (Å²) in [6.07, 6.45) is 0. The molecule has 4 rings (SSSR count). The Morgan fingerprint density at radius 2 is 0.938 bits per heavy atom. The molecule has 0 unspecified atom stereocenters. The SMILES string of the molecule is O=C(O)c1ccc(-c2nc(-c3ccc(C(=O)O)cc3)c(-c3ccc(C(=O)O)cc3)[nH]2)cc1. The Morgan fingerprint density at radius 3 is 1.34 bits per heavy atom. The Morgan fingerprint density at radius 1 is 0.562 bits per heavy atom. The van der Waals surface area contributed by atoms with Crippen molar-refractivity contribution < 1.29 is 29.7 Å². The second-order valence-electron chi connectivity index (χ2n) is 6.96. The van der Waals surface area contributed by atoms with E-state index in [0.717, 1.165) is 0 Å². The predicted octanol–water partition coefficient (Wildman–Crippen LogP) is 4.51. The highest BCUT2D eigenvalue weighted by Gasteiger charge is 2.17. The summed E-state index contributed by atoms with van der Waals surface area (Å²) in [6.45, 7) is 0. The zero-order valence-electron chi connectivity index (χ0n) is 16.4. The summed E-state index contributed by atoms with van der Waals surface area (Å²) in [6, 6.07) is 18.7. The van der Waals surface area contributed by atoms with Crippen molar-refractivity contribution in [3.8, 4) is 33.9 Å². The highest BCUT2D eigenvalue weighted by atomic mass is 16.4. The molecule has 4 aromatic rings. The molecule has 8 heteroatoms. The van der Waals surface area contributed by atoms with Crippen LogP contribution in [0.1, 0.15) is 31.1 Å². The highest BCUT2D eigenvalue weighted by molar-refractivity contribution is 5.91. The van der Waals surface area contributed by atoms with Crippen LogP contribution in [0.15, 0.2) is 72.8 Å². The number of carbonyl (C=O) groups is 3. The van der Waals surface area contributed by atoms with Gasteiger partial charge in [-0.1, -0.05) is 36.4 Å². The van der Waals surface area contributed by atoms with Crippen LogP contribution in [0.3, 0.4) is 0 Å². The van der Waals surface area contributed by atoms with Gasteiger partial charge in [-0.2, -0.15) is 0 Å². The Labute approximate surface area is 181 Å². The van der Waals surface area contributed by atoms with Gasteiger partial charge in [-0.25, -0.2) is 19.4 Å². The molecule has 0 aliphatic heterocycles. The van der Waals surface area contributed by atoms with Crippen LogP contribution in [-0.2, 0) is 0 Å². The number of nitrogens with one attached hydrogen (secondary N) is 1. The van der Waals surface area contributed by atoms with Crippen LogP contribution in [0.4, 0.5) is 0 Å². The van der Waals surface area contributed by atoms with Crippen LogP contribution in [0.5, 0.6) is 0 Å². The molecular formula is C24H16N2O6. The summed E-state index contributed by atoms with van der Waals surface area (Å²) in [5.74, 6) is -2.63. The Balaban J connectivity index is 1.83. The van der Waals surface area contributed by atoms with Gasteiger partial charge < -0.3 is 20.3 Å². The van der Waals surface area contributed by atoms with Crippen molar-refractivity contribution in [2.45, 2.75) is 0 Å². The van der Waals surface area contributed by atoms with Crippen molar-refractivity contribution in [3.05, 3.63) is 89.5 Å². The van der Waals surface area contributed by atoms with Crippen molar-refractivity contribution in [2.24, 2.45) is 0 Å². The molecule has 0 aliphatic rings. The summed E-state index contributed by atoms with van der Waals surface area (Å²) in [4.78, 5) is 41.4. The van der Waals surface area contributed by atoms with Gasteiger partial charge in [-0.3, -0.25) is 0 Å². The lowest BCUT2D eigenvalue weighted by molar-refractivity contribution is 0.0686. The van der Waals surface area contributed by atoms with E-state index in [2.05, 4.69) is 9.97 Å². The van der Waals surface area contributed by atoms with Crippen molar-refractivity contribution in [3.63, 3.8) is 0 Å². The van der Waals surface area contributed by atoms with Gasteiger partial charge in [0.15, 0.2) is 0 Å². The van der Waals surface area contributed by atoms with Crippen LogP contribution in [0, 0.1) is 0 Å². The van der Waals surface area contributed by atoms with Crippen LogP contribution in [-0.4, -0.2) is 43.2 Å². The van der Waals surface area contributed by atoms with Crippen molar-refractivity contribution in [1.82, 2.24) is 9.97 Å². The quantitative estimate of drug-likeness (QED) is 0.354. The number of hydrogen-bond donors (Lipinski definition) is 4. The minimum Gasteiger partial charge on any atom is -0.478 e. The summed E-state index contributed by atoms with van der Waals surface area (Å²) in [7, 11) is 0. The number of benzene rings is 3. The third-order valence-electron chi connectivity index (χ3n) is 4.93. The van der Waals surface area contributed by atoms with Crippen LogP contribution in [0.25, 0.3) is 33.9 Å². The standard InChI is InChI=1S/C24H16N2O6/c27-22(28)16-7-1-13(2-8-16)19-20(14-3-9-17(10-4-14)23(29)30)26-21(25-19)15-5-11-18(12-6-15)24(31)32/h1-12H,(H,25,26)(H,27,28)(H,29,30)(H,31,32). The fraction of sp³-hybridized carbons (Fsp3) is 0. The first kappa shape index (κ1) is 20.5. The molecule has 1 aromatic heterocycles. The van der Waals surface area contributed by atoms with Gasteiger partial charge in [0.05, 0.1) is 28.1 Å². The first-order valence-electron chi connectivity index (χ1n) is 9.44. The third-order valence-corrected chi connectivity index (χ3v) is 4.93. The number of imidazole rings is 1. The number of aromatic amines is 1. The van der Waals surface area contributed by atoms with E-state index in [1.807, 2.05) is 0 Å². The topological polar surface area (TPSA) is 141 Å². The largest absolute Gasteiger partial charge is 0.478 e. The molecule has 8 nitrogen and oxygen atoms in total. The van der Waals surface area contributed by atoms with E-state index in [1.54, 1.807) is 36.4 Å². The molecule has 0 fully saturated rings. The molecule has 0 aliphatic carbocycles. The first-order valence-corrected chi connectivity index (χ1v) is 9.44. The minimum atomic E-state index is -1.04. The van der Waals surface area contributed by atoms with E-state index in [-0.39, 0.29) is 16.7 Å². The number of hydrogen-bond acceptors (Lipinski definition) is 4. The molecule has 0 amide bonds. The molecule has 0 radical (unpaired) electrons. The van der Waals surface area contributed by atoms with E-state index < -0.39 is 17.9 Å². The maximum atomic E-state index is 11.2. The fourth-order valence-electron chi connectivity index (χ4n) is 3.25. The van der Waals surface area contributed by atoms with Crippen molar-refractivity contribution >= 4 is 17.9 Å². The molecular weight excluding hydrogens is 412 g/mol. The second-order valence-corrected chi connectivity index (χ2v) is 6.96. The molecule has 0 saturated heterocycles. The minimum absolute atomic E-state index is 0.140. The van der Waals surface area contributed by atoms with E-state index in [1.165, 1.54) is 36.4 Å². The maximum Gasteiger partial charge on any atom is 0.335 e. The predicted molar refractivity (Wildman–Crippen MR) is 116 cm³/mol. The van der Waals surface area contributed by atoms with Gasteiger partial charge in [0.1, 0.15) is 5.82 Å². The second kappa shape index (κ2) is 8.19.